The van der Waals surface area contributed by atoms with E-state index in [0.717, 1.165) is 9.95 Å². The molecule has 0 unspecified atom stereocenters. The van der Waals surface area contributed by atoms with Crippen molar-refractivity contribution in [1.29, 1.82) is 5.26 Å². The standard InChI is InChI=1S/C9H5N3O/c10-6-12-8(13)4-3-7-2-1-5-11-9(7)12/h1-5H. The van der Waals surface area contributed by atoms with Gasteiger partial charge in [-0.1, -0.05) is 0 Å². The number of rotatable bonds is 0. The molecule has 0 aliphatic heterocycles. The molecule has 0 aliphatic rings. The molecule has 2 rings (SSSR count). The minimum atomic E-state index is -0.353. The van der Waals surface area contributed by atoms with Gasteiger partial charge in [0.05, 0.1) is 0 Å². The van der Waals surface area contributed by atoms with E-state index in [1.165, 1.54) is 6.07 Å². The summed E-state index contributed by atoms with van der Waals surface area (Å²) < 4.78 is 0.968. The van der Waals surface area contributed by atoms with Gasteiger partial charge in [0.15, 0.2) is 11.8 Å². The van der Waals surface area contributed by atoms with E-state index in [4.69, 9.17) is 5.26 Å². The molecule has 0 spiro atoms. The zero-order valence-corrected chi connectivity index (χ0v) is 6.64. The minimum Gasteiger partial charge on any atom is -0.268 e. The van der Waals surface area contributed by atoms with Crippen molar-refractivity contribution in [1.82, 2.24) is 9.55 Å². The summed E-state index contributed by atoms with van der Waals surface area (Å²) in [7, 11) is 0. The number of hydrogen-bond donors (Lipinski definition) is 0. The molecular formula is C9H5N3O. The summed E-state index contributed by atoms with van der Waals surface area (Å²) in [6.45, 7) is 0. The van der Waals surface area contributed by atoms with Gasteiger partial charge in [0.2, 0.25) is 0 Å². The van der Waals surface area contributed by atoms with Crippen molar-refractivity contribution < 1.29 is 0 Å². The molecule has 4 heteroatoms. The summed E-state index contributed by atoms with van der Waals surface area (Å²) in [6.07, 6.45) is 3.33. The van der Waals surface area contributed by atoms with E-state index >= 15 is 0 Å². The first-order valence-electron chi connectivity index (χ1n) is 3.70. The molecule has 0 radical (unpaired) electrons. The topological polar surface area (TPSA) is 58.7 Å². The average Bonchev–Trinajstić information content (AvgIpc) is 2.18. The van der Waals surface area contributed by atoms with E-state index in [1.807, 2.05) is 0 Å². The highest BCUT2D eigenvalue weighted by molar-refractivity contribution is 5.75. The van der Waals surface area contributed by atoms with Gasteiger partial charge in [0.1, 0.15) is 0 Å². The first kappa shape index (κ1) is 7.50. The summed E-state index contributed by atoms with van der Waals surface area (Å²) in [4.78, 5) is 15.1. The van der Waals surface area contributed by atoms with Crippen LogP contribution in [0.1, 0.15) is 0 Å². The van der Waals surface area contributed by atoms with E-state index in [1.54, 1.807) is 30.6 Å². The van der Waals surface area contributed by atoms with Crippen LogP contribution in [0.25, 0.3) is 11.0 Å². The largest absolute Gasteiger partial charge is 0.268 e. The van der Waals surface area contributed by atoms with Crippen LogP contribution in [-0.4, -0.2) is 9.55 Å². The maximum absolute atomic E-state index is 11.2. The Kier molecular flexibility index (Phi) is 1.57. The van der Waals surface area contributed by atoms with Gasteiger partial charge in [-0.15, -0.1) is 0 Å². The summed E-state index contributed by atoms with van der Waals surface area (Å²) >= 11 is 0. The molecule has 2 aromatic heterocycles. The van der Waals surface area contributed by atoms with E-state index in [-0.39, 0.29) is 5.56 Å². The lowest BCUT2D eigenvalue weighted by Gasteiger charge is -1.98. The Labute approximate surface area is 73.7 Å². The Morgan fingerprint density at radius 2 is 2.23 bits per heavy atom. The Balaban J connectivity index is 3.03. The first-order chi connectivity index (χ1) is 6.33. The second-order valence-corrected chi connectivity index (χ2v) is 2.52. The fourth-order valence-corrected chi connectivity index (χ4v) is 1.16. The molecule has 13 heavy (non-hydrogen) atoms. The fraction of sp³-hybridized carbons (Fsp3) is 0. The fourth-order valence-electron chi connectivity index (χ4n) is 1.16. The highest BCUT2D eigenvalue weighted by atomic mass is 16.1. The number of aromatic nitrogens is 2. The van der Waals surface area contributed by atoms with E-state index in [2.05, 4.69) is 4.98 Å². The molecule has 0 atom stereocenters. The zero-order chi connectivity index (χ0) is 9.26. The Hall–Kier alpha value is -2.15. The van der Waals surface area contributed by atoms with Crippen LogP contribution in [0.3, 0.4) is 0 Å². The number of nitrogens with zero attached hydrogens (tertiary/aromatic N) is 3. The predicted octanol–water partition coefficient (Wildman–Crippen LogP) is 0.726. The lowest BCUT2D eigenvalue weighted by Crippen LogP contribution is -2.15. The zero-order valence-electron chi connectivity index (χ0n) is 6.64. The molecule has 0 N–H and O–H groups in total. The quantitative estimate of drug-likeness (QED) is 0.587. The summed E-state index contributed by atoms with van der Waals surface area (Å²) in [5.41, 5.74) is 0.0474. The van der Waals surface area contributed by atoms with Crippen molar-refractivity contribution in [2.75, 3.05) is 0 Å². The van der Waals surface area contributed by atoms with Gasteiger partial charge in [0, 0.05) is 17.6 Å². The third-order valence-electron chi connectivity index (χ3n) is 1.75. The Morgan fingerprint density at radius 3 is 3.00 bits per heavy atom. The smallest absolute Gasteiger partial charge is 0.265 e. The van der Waals surface area contributed by atoms with Crippen molar-refractivity contribution in [2.24, 2.45) is 0 Å². The van der Waals surface area contributed by atoms with Gasteiger partial charge in [0.25, 0.3) is 5.56 Å². The van der Waals surface area contributed by atoms with Gasteiger partial charge < -0.3 is 0 Å². The van der Waals surface area contributed by atoms with Gasteiger partial charge in [-0.3, -0.25) is 4.79 Å². The van der Waals surface area contributed by atoms with Gasteiger partial charge in [-0.25, -0.2) is 4.98 Å². The van der Waals surface area contributed by atoms with Crippen LogP contribution in [0.2, 0.25) is 0 Å². The van der Waals surface area contributed by atoms with Crippen LogP contribution in [0.15, 0.2) is 35.3 Å². The van der Waals surface area contributed by atoms with Crippen LogP contribution >= 0.6 is 0 Å². The van der Waals surface area contributed by atoms with Crippen LogP contribution in [0, 0.1) is 11.5 Å². The molecule has 4 nitrogen and oxygen atoms in total. The van der Waals surface area contributed by atoms with Crippen molar-refractivity contribution in [3.05, 3.63) is 40.8 Å². The molecule has 0 aromatic carbocycles. The van der Waals surface area contributed by atoms with Crippen LogP contribution < -0.4 is 5.56 Å². The second kappa shape index (κ2) is 2.72. The highest BCUT2D eigenvalue weighted by Crippen LogP contribution is 2.05. The first-order valence-corrected chi connectivity index (χ1v) is 3.70. The van der Waals surface area contributed by atoms with E-state index in [9.17, 15) is 4.79 Å². The maximum Gasteiger partial charge on any atom is 0.265 e. The second-order valence-electron chi connectivity index (χ2n) is 2.52. The van der Waals surface area contributed by atoms with Crippen molar-refractivity contribution in [2.45, 2.75) is 0 Å². The summed E-state index contributed by atoms with van der Waals surface area (Å²) in [5.74, 6) is 0. The molecule has 0 saturated heterocycles. The third-order valence-corrected chi connectivity index (χ3v) is 1.75. The molecule has 0 fully saturated rings. The lowest BCUT2D eigenvalue weighted by atomic mass is 10.3. The molecule has 2 heterocycles. The molecule has 62 valence electrons. The lowest BCUT2D eigenvalue weighted by molar-refractivity contribution is 1.03. The molecule has 0 amide bonds. The Bertz CT molecular complexity index is 551. The number of pyridine rings is 2. The molecule has 2 aromatic rings. The van der Waals surface area contributed by atoms with Crippen LogP contribution in [0.4, 0.5) is 0 Å². The van der Waals surface area contributed by atoms with E-state index in [0.29, 0.717) is 5.65 Å². The number of fused-ring (bicyclic) bond motifs is 1. The van der Waals surface area contributed by atoms with Crippen molar-refractivity contribution in [3.8, 4) is 6.19 Å². The van der Waals surface area contributed by atoms with Crippen LogP contribution in [0.5, 0.6) is 0 Å². The van der Waals surface area contributed by atoms with Gasteiger partial charge in [-0.05, 0) is 18.2 Å². The average molecular weight is 171 g/mol. The summed E-state index contributed by atoms with van der Waals surface area (Å²) in [6, 6.07) is 6.57. The SMILES string of the molecule is N#Cn1c(=O)ccc2cccnc21. The van der Waals surface area contributed by atoms with E-state index < -0.39 is 0 Å². The molecular weight excluding hydrogens is 166 g/mol. The predicted molar refractivity (Wildman–Crippen MR) is 47.0 cm³/mol. The third kappa shape index (κ3) is 1.07. The normalized spacial score (nSPS) is 9.77. The number of hydrogen-bond acceptors (Lipinski definition) is 3. The maximum atomic E-state index is 11.2. The number of nitriles is 1. The van der Waals surface area contributed by atoms with Gasteiger partial charge in [-0.2, -0.15) is 9.83 Å². The molecule has 0 bridgehead atoms. The van der Waals surface area contributed by atoms with Crippen molar-refractivity contribution >= 4 is 11.0 Å². The van der Waals surface area contributed by atoms with Gasteiger partial charge >= 0.3 is 0 Å². The summed E-state index contributed by atoms with van der Waals surface area (Å²) in [5, 5.41) is 9.47. The minimum absolute atomic E-state index is 0.353. The highest BCUT2D eigenvalue weighted by Gasteiger charge is 2.00. The Morgan fingerprint density at radius 1 is 1.38 bits per heavy atom. The van der Waals surface area contributed by atoms with Crippen molar-refractivity contribution in [3.63, 3.8) is 0 Å². The molecule has 0 aliphatic carbocycles. The molecule has 0 saturated carbocycles. The van der Waals surface area contributed by atoms with Crippen LogP contribution in [-0.2, 0) is 0 Å². The monoisotopic (exact) mass is 171 g/mol.